The van der Waals surface area contributed by atoms with Crippen molar-refractivity contribution in [3.8, 4) is 0 Å². The van der Waals surface area contributed by atoms with Gasteiger partial charge in [0.25, 0.3) is 0 Å². The van der Waals surface area contributed by atoms with E-state index in [0.29, 0.717) is 17.5 Å². The summed E-state index contributed by atoms with van der Waals surface area (Å²) in [6, 6.07) is 3.79. The van der Waals surface area contributed by atoms with Gasteiger partial charge < -0.3 is 5.73 Å². The number of pyridine rings is 1. The zero-order valence-corrected chi connectivity index (χ0v) is 8.10. The van der Waals surface area contributed by atoms with E-state index in [2.05, 4.69) is 11.9 Å². The van der Waals surface area contributed by atoms with Crippen molar-refractivity contribution in [3.63, 3.8) is 0 Å². The second-order valence-corrected chi connectivity index (χ2v) is 3.35. The fourth-order valence-electron chi connectivity index (χ4n) is 0.959. The monoisotopic (exact) mass is 184 g/mol. The van der Waals surface area contributed by atoms with Gasteiger partial charge in [-0.1, -0.05) is 18.5 Å². The van der Waals surface area contributed by atoms with Crippen LogP contribution in [0.15, 0.2) is 12.1 Å². The number of rotatable bonds is 2. The van der Waals surface area contributed by atoms with Crippen LogP contribution in [0, 0.1) is 6.92 Å². The number of nitrogens with two attached hydrogens (primary N) is 1. The van der Waals surface area contributed by atoms with Crippen molar-refractivity contribution in [2.75, 3.05) is 6.54 Å². The van der Waals surface area contributed by atoms with Gasteiger partial charge in [-0.15, -0.1) is 0 Å². The van der Waals surface area contributed by atoms with Gasteiger partial charge in [0.2, 0.25) is 0 Å². The van der Waals surface area contributed by atoms with E-state index in [1.54, 1.807) is 0 Å². The van der Waals surface area contributed by atoms with Crippen LogP contribution >= 0.6 is 11.6 Å². The van der Waals surface area contributed by atoms with Gasteiger partial charge in [0.1, 0.15) is 0 Å². The molecule has 66 valence electrons. The Morgan fingerprint density at radius 1 is 1.58 bits per heavy atom. The average Bonchev–Trinajstić information content (AvgIpc) is 2.08. The molecule has 1 rings (SSSR count). The molecule has 0 aliphatic rings. The first kappa shape index (κ1) is 9.49. The molecule has 0 saturated carbocycles. The molecule has 1 atom stereocenters. The zero-order valence-electron chi connectivity index (χ0n) is 7.34. The Balaban J connectivity index is 2.96. The molecule has 0 aromatic carbocycles. The quantitative estimate of drug-likeness (QED) is 0.765. The third-order valence-electron chi connectivity index (χ3n) is 1.90. The predicted molar refractivity (Wildman–Crippen MR) is 51.5 cm³/mol. The number of hydrogen-bond donors (Lipinski definition) is 1. The molecule has 1 aromatic heterocycles. The molecule has 0 bridgehead atoms. The molecule has 1 heterocycles. The molecular formula is C9H13ClN2. The van der Waals surface area contributed by atoms with Crippen molar-refractivity contribution < 1.29 is 0 Å². The topological polar surface area (TPSA) is 38.9 Å². The highest BCUT2D eigenvalue weighted by atomic mass is 35.5. The summed E-state index contributed by atoms with van der Waals surface area (Å²) in [4.78, 5) is 4.33. The fourth-order valence-corrected chi connectivity index (χ4v) is 1.06. The molecule has 0 radical (unpaired) electrons. The Morgan fingerprint density at radius 2 is 2.25 bits per heavy atom. The summed E-state index contributed by atoms with van der Waals surface area (Å²) in [5, 5.41) is 0.711. The van der Waals surface area contributed by atoms with E-state index in [4.69, 9.17) is 17.3 Å². The Kier molecular flexibility index (Phi) is 3.06. The van der Waals surface area contributed by atoms with E-state index in [0.717, 1.165) is 11.4 Å². The standard InChI is InChI=1S/C9H13ClN2/c1-6(5-11)9-4-3-8(10)7(2)12-9/h3-4,6H,5,11H2,1-2H3. The van der Waals surface area contributed by atoms with E-state index < -0.39 is 0 Å². The minimum Gasteiger partial charge on any atom is -0.330 e. The van der Waals surface area contributed by atoms with Gasteiger partial charge in [-0.3, -0.25) is 4.98 Å². The summed E-state index contributed by atoms with van der Waals surface area (Å²) in [5.74, 6) is 0.306. The lowest BCUT2D eigenvalue weighted by Gasteiger charge is -2.08. The SMILES string of the molecule is Cc1nc(C(C)CN)ccc1Cl. The summed E-state index contributed by atoms with van der Waals surface area (Å²) in [6.45, 7) is 4.57. The van der Waals surface area contributed by atoms with Crippen molar-refractivity contribution in [1.29, 1.82) is 0 Å². The highest BCUT2D eigenvalue weighted by molar-refractivity contribution is 6.31. The second-order valence-electron chi connectivity index (χ2n) is 2.94. The predicted octanol–water partition coefficient (Wildman–Crippen LogP) is 2.11. The van der Waals surface area contributed by atoms with Crippen LogP contribution < -0.4 is 5.73 Å². The molecule has 2 nitrogen and oxygen atoms in total. The molecule has 0 fully saturated rings. The summed E-state index contributed by atoms with van der Waals surface area (Å²) in [6.07, 6.45) is 0. The average molecular weight is 185 g/mol. The van der Waals surface area contributed by atoms with Crippen molar-refractivity contribution in [3.05, 3.63) is 28.5 Å². The van der Waals surface area contributed by atoms with Crippen LogP contribution in [-0.2, 0) is 0 Å². The number of hydrogen-bond acceptors (Lipinski definition) is 2. The van der Waals surface area contributed by atoms with Crippen LogP contribution in [0.4, 0.5) is 0 Å². The molecule has 0 saturated heterocycles. The van der Waals surface area contributed by atoms with Crippen LogP contribution in [0.3, 0.4) is 0 Å². The molecule has 2 N–H and O–H groups in total. The lowest BCUT2D eigenvalue weighted by Crippen LogP contribution is -2.10. The van der Waals surface area contributed by atoms with Gasteiger partial charge in [-0.2, -0.15) is 0 Å². The summed E-state index contributed by atoms with van der Waals surface area (Å²) in [7, 11) is 0. The second kappa shape index (κ2) is 3.87. The zero-order chi connectivity index (χ0) is 9.14. The Bertz CT molecular complexity index is 273. The molecule has 0 spiro atoms. The van der Waals surface area contributed by atoms with E-state index in [1.165, 1.54) is 0 Å². The van der Waals surface area contributed by atoms with Gasteiger partial charge in [0, 0.05) is 18.2 Å². The lowest BCUT2D eigenvalue weighted by molar-refractivity contribution is 0.741. The van der Waals surface area contributed by atoms with E-state index >= 15 is 0 Å². The van der Waals surface area contributed by atoms with Crippen LogP contribution in [-0.4, -0.2) is 11.5 Å². The highest BCUT2D eigenvalue weighted by Gasteiger charge is 2.05. The minimum absolute atomic E-state index is 0.306. The van der Waals surface area contributed by atoms with Gasteiger partial charge in [0.15, 0.2) is 0 Å². The first-order valence-electron chi connectivity index (χ1n) is 3.98. The van der Waals surface area contributed by atoms with Crippen molar-refractivity contribution in [2.45, 2.75) is 19.8 Å². The van der Waals surface area contributed by atoms with Crippen LogP contribution in [0.1, 0.15) is 24.2 Å². The summed E-state index contributed by atoms with van der Waals surface area (Å²) in [5.41, 5.74) is 7.40. The smallest absolute Gasteiger partial charge is 0.0618 e. The Hall–Kier alpha value is -0.600. The fraction of sp³-hybridized carbons (Fsp3) is 0.444. The Morgan fingerprint density at radius 3 is 2.75 bits per heavy atom. The summed E-state index contributed by atoms with van der Waals surface area (Å²) >= 11 is 5.83. The van der Waals surface area contributed by atoms with Crippen molar-refractivity contribution >= 4 is 11.6 Å². The largest absolute Gasteiger partial charge is 0.330 e. The van der Waals surface area contributed by atoms with E-state index in [-0.39, 0.29) is 0 Å². The molecule has 0 aliphatic carbocycles. The van der Waals surface area contributed by atoms with Gasteiger partial charge in [-0.25, -0.2) is 0 Å². The normalized spacial score (nSPS) is 13.0. The maximum absolute atomic E-state index is 5.83. The first-order valence-corrected chi connectivity index (χ1v) is 4.36. The molecule has 0 aliphatic heterocycles. The third-order valence-corrected chi connectivity index (χ3v) is 2.30. The number of nitrogens with zero attached hydrogens (tertiary/aromatic N) is 1. The molecule has 3 heteroatoms. The molecule has 12 heavy (non-hydrogen) atoms. The van der Waals surface area contributed by atoms with Gasteiger partial charge in [-0.05, 0) is 19.1 Å². The van der Waals surface area contributed by atoms with E-state index in [1.807, 2.05) is 19.1 Å². The van der Waals surface area contributed by atoms with Gasteiger partial charge >= 0.3 is 0 Å². The van der Waals surface area contributed by atoms with Crippen LogP contribution in [0.2, 0.25) is 5.02 Å². The Labute approximate surface area is 77.8 Å². The number of aryl methyl sites for hydroxylation is 1. The highest BCUT2D eigenvalue weighted by Crippen LogP contribution is 2.17. The first-order chi connectivity index (χ1) is 5.65. The van der Waals surface area contributed by atoms with E-state index in [9.17, 15) is 0 Å². The van der Waals surface area contributed by atoms with Gasteiger partial charge in [0.05, 0.1) is 10.7 Å². The number of aromatic nitrogens is 1. The molecule has 0 amide bonds. The van der Waals surface area contributed by atoms with Crippen LogP contribution in [0.5, 0.6) is 0 Å². The van der Waals surface area contributed by atoms with Crippen molar-refractivity contribution in [2.24, 2.45) is 5.73 Å². The molecular weight excluding hydrogens is 172 g/mol. The summed E-state index contributed by atoms with van der Waals surface area (Å²) < 4.78 is 0. The van der Waals surface area contributed by atoms with Crippen LogP contribution in [0.25, 0.3) is 0 Å². The lowest BCUT2D eigenvalue weighted by atomic mass is 10.1. The molecule has 1 unspecified atom stereocenters. The van der Waals surface area contributed by atoms with Crippen molar-refractivity contribution in [1.82, 2.24) is 4.98 Å². The third kappa shape index (κ3) is 1.96. The number of halogens is 1. The maximum Gasteiger partial charge on any atom is 0.0618 e. The maximum atomic E-state index is 5.83. The minimum atomic E-state index is 0.306. The molecule has 1 aromatic rings.